The predicted octanol–water partition coefficient (Wildman–Crippen LogP) is -0.273. The molecule has 0 bridgehead atoms. The van der Waals surface area contributed by atoms with Gasteiger partial charge in [-0.15, -0.1) is 0 Å². The summed E-state index contributed by atoms with van der Waals surface area (Å²) < 4.78 is 30.8. The number of carboxylic acid groups (broad SMARTS) is 1. The van der Waals surface area contributed by atoms with Gasteiger partial charge in [0.15, 0.2) is 0 Å². The molecule has 1 rings (SSSR count). The lowest BCUT2D eigenvalue weighted by Crippen LogP contribution is -2.43. The number of ether oxygens (including phenoxy) is 1. The molecule has 0 aliphatic rings. The topological polar surface area (TPSA) is 113 Å². The van der Waals surface area contributed by atoms with E-state index >= 15 is 0 Å². The maximum atomic E-state index is 11.9. The van der Waals surface area contributed by atoms with Gasteiger partial charge in [-0.1, -0.05) is 0 Å². The Morgan fingerprint density at radius 3 is 2.53 bits per heavy atom. The van der Waals surface area contributed by atoms with Crippen molar-refractivity contribution in [2.24, 2.45) is 0 Å². The largest absolute Gasteiger partial charge is 0.496 e. The molecule has 0 spiro atoms. The van der Waals surface area contributed by atoms with E-state index in [-0.39, 0.29) is 4.90 Å². The fourth-order valence-corrected chi connectivity index (χ4v) is 2.70. The lowest BCUT2D eigenvalue weighted by molar-refractivity contribution is -0.139. The maximum Gasteiger partial charge on any atom is 0.324 e. The highest BCUT2D eigenvalue weighted by molar-refractivity contribution is 7.89. The number of sulfonamides is 1. The van der Waals surface area contributed by atoms with E-state index < -0.39 is 28.6 Å². The summed E-state index contributed by atoms with van der Waals surface area (Å²) in [7, 11) is -2.55. The van der Waals surface area contributed by atoms with Gasteiger partial charge in [0.05, 0.1) is 18.6 Å². The van der Waals surface area contributed by atoms with Gasteiger partial charge in [-0.3, -0.25) is 4.79 Å². The van der Waals surface area contributed by atoms with Crippen LogP contribution in [0.2, 0.25) is 0 Å². The van der Waals surface area contributed by atoms with Crippen LogP contribution >= 0.6 is 0 Å². The summed E-state index contributed by atoms with van der Waals surface area (Å²) >= 11 is 0. The number of carboxylic acids is 1. The average molecular weight is 289 g/mol. The van der Waals surface area contributed by atoms with Crippen LogP contribution in [0.3, 0.4) is 0 Å². The van der Waals surface area contributed by atoms with Crippen molar-refractivity contribution >= 4 is 16.0 Å². The van der Waals surface area contributed by atoms with Gasteiger partial charge in [0.2, 0.25) is 10.0 Å². The average Bonchev–Trinajstić information content (AvgIpc) is 2.35. The van der Waals surface area contributed by atoms with Crippen LogP contribution in [0.4, 0.5) is 0 Å². The number of rotatable bonds is 6. The van der Waals surface area contributed by atoms with Gasteiger partial charge >= 0.3 is 5.97 Å². The molecule has 0 aromatic heterocycles. The molecule has 0 saturated carbocycles. The summed E-state index contributed by atoms with van der Waals surface area (Å²) in [6, 6.07) is 2.55. The van der Waals surface area contributed by atoms with Crippen LogP contribution in [-0.2, 0) is 14.8 Å². The third-order valence-electron chi connectivity index (χ3n) is 2.45. The van der Waals surface area contributed by atoms with Crippen LogP contribution in [-0.4, -0.2) is 44.4 Å². The molecule has 7 nitrogen and oxygen atoms in total. The lowest BCUT2D eigenvalue weighted by atomic mass is 10.2. The fourth-order valence-electron chi connectivity index (χ4n) is 1.44. The summed E-state index contributed by atoms with van der Waals surface area (Å²) in [5.41, 5.74) is 0.598. The summed E-state index contributed by atoms with van der Waals surface area (Å²) in [6.07, 6.45) is 0. The third-order valence-corrected chi connectivity index (χ3v) is 3.92. The maximum absolute atomic E-state index is 11.9. The van der Waals surface area contributed by atoms with Crippen molar-refractivity contribution in [3.8, 4) is 5.75 Å². The van der Waals surface area contributed by atoms with Gasteiger partial charge in [0, 0.05) is 0 Å². The van der Waals surface area contributed by atoms with Crippen LogP contribution in [0, 0.1) is 6.92 Å². The third kappa shape index (κ3) is 3.66. The molecular weight excluding hydrogens is 274 g/mol. The quantitative estimate of drug-likeness (QED) is 0.664. The second kappa shape index (κ2) is 6.00. The Kier molecular flexibility index (Phi) is 4.87. The van der Waals surface area contributed by atoms with E-state index in [1.807, 2.05) is 4.72 Å². The summed E-state index contributed by atoms with van der Waals surface area (Å²) in [5.74, 6) is -0.924. The van der Waals surface area contributed by atoms with Crippen molar-refractivity contribution < 1.29 is 28.2 Å². The van der Waals surface area contributed by atoms with Crippen LogP contribution in [0.1, 0.15) is 5.56 Å². The molecule has 0 radical (unpaired) electrons. The van der Waals surface area contributed by atoms with Crippen molar-refractivity contribution in [1.29, 1.82) is 0 Å². The first-order chi connectivity index (χ1) is 8.81. The van der Waals surface area contributed by atoms with E-state index in [0.717, 1.165) is 0 Å². The molecule has 1 atom stereocenters. The molecule has 0 heterocycles. The Labute approximate surface area is 110 Å². The molecule has 0 unspecified atom stereocenters. The number of aryl methyl sites for hydroxylation is 1. The minimum atomic E-state index is -4.01. The number of benzene rings is 1. The molecule has 1 aromatic carbocycles. The number of hydrogen-bond donors (Lipinski definition) is 3. The normalized spacial score (nSPS) is 13.0. The summed E-state index contributed by atoms with van der Waals surface area (Å²) in [6.45, 7) is 0.836. The van der Waals surface area contributed by atoms with Crippen molar-refractivity contribution in [1.82, 2.24) is 4.72 Å². The van der Waals surface area contributed by atoms with Gasteiger partial charge in [0.1, 0.15) is 11.8 Å². The van der Waals surface area contributed by atoms with E-state index in [2.05, 4.69) is 0 Å². The van der Waals surface area contributed by atoms with Crippen LogP contribution in [0.15, 0.2) is 23.1 Å². The van der Waals surface area contributed by atoms with Gasteiger partial charge in [-0.2, -0.15) is 4.72 Å². The minimum absolute atomic E-state index is 0.0921. The molecule has 19 heavy (non-hydrogen) atoms. The standard InChI is InChI=1S/C11H15NO6S/c1-7-5-8(3-4-10(7)18-2)19(16,17)12-9(6-13)11(14)15/h3-5,9,12-13H,6H2,1-2H3,(H,14,15)/t9-/m0/s1. The van der Waals surface area contributed by atoms with Crippen molar-refractivity contribution in [3.05, 3.63) is 23.8 Å². The van der Waals surface area contributed by atoms with E-state index in [4.69, 9.17) is 14.9 Å². The van der Waals surface area contributed by atoms with Crippen LogP contribution < -0.4 is 9.46 Å². The first-order valence-electron chi connectivity index (χ1n) is 5.32. The smallest absolute Gasteiger partial charge is 0.324 e. The number of nitrogens with one attached hydrogen (secondary N) is 1. The molecule has 0 saturated heterocycles. The Balaban J connectivity index is 3.07. The second-order valence-electron chi connectivity index (χ2n) is 3.83. The Bertz CT molecular complexity index is 569. The van der Waals surface area contributed by atoms with Crippen molar-refractivity contribution in [2.75, 3.05) is 13.7 Å². The number of methoxy groups -OCH3 is 1. The molecule has 0 fully saturated rings. The van der Waals surface area contributed by atoms with Crippen LogP contribution in [0.5, 0.6) is 5.75 Å². The molecule has 8 heteroatoms. The molecule has 0 aliphatic heterocycles. The Hall–Kier alpha value is -1.64. The molecule has 3 N–H and O–H groups in total. The second-order valence-corrected chi connectivity index (χ2v) is 5.54. The number of hydrogen-bond acceptors (Lipinski definition) is 5. The minimum Gasteiger partial charge on any atom is -0.496 e. The SMILES string of the molecule is COc1ccc(S(=O)(=O)N[C@@H](CO)C(=O)O)cc1C. The van der Waals surface area contributed by atoms with E-state index in [0.29, 0.717) is 11.3 Å². The number of aliphatic hydroxyl groups excluding tert-OH is 1. The highest BCUT2D eigenvalue weighted by Crippen LogP contribution is 2.21. The number of aliphatic carboxylic acids is 1. The highest BCUT2D eigenvalue weighted by Gasteiger charge is 2.25. The Morgan fingerprint density at radius 1 is 1.47 bits per heavy atom. The zero-order chi connectivity index (χ0) is 14.6. The molecule has 0 amide bonds. The highest BCUT2D eigenvalue weighted by atomic mass is 32.2. The monoisotopic (exact) mass is 289 g/mol. The van der Waals surface area contributed by atoms with Gasteiger partial charge < -0.3 is 14.9 Å². The first-order valence-corrected chi connectivity index (χ1v) is 6.80. The molecule has 1 aromatic rings. The van der Waals surface area contributed by atoms with Crippen LogP contribution in [0.25, 0.3) is 0 Å². The zero-order valence-corrected chi connectivity index (χ0v) is 11.3. The molecular formula is C11H15NO6S. The van der Waals surface area contributed by atoms with E-state index in [9.17, 15) is 13.2 Å². The summed E-state index contributed by atoms with van der Waals surface area (Å²) in [4.78, 5) is 10.6. The molecule has 0 aliphatic carbocycles. The van der Waals surface area contributed by atoms with Gasteiger partial charge in [-0.05, 0) is 30.7 Å². The molecule has 106 valence electrons. The first kappa shape index (κ1) is 15.4. The van der Waals surface area contributed by atoms with Crippen molar-refractivity contribution in [3.63, 3.8) is 0 Å². The summed E-state index contributed by atoms with van der Waals surface area (Å²) in [5, 5.41) is 17.5. The Morgan fingerprint density at radius 2 is 2.11 bits per heavy atom. The van der Waals surface area contributed by atoms with Gasteiger partial charge in [-0.25, -0.2) is 8.42 Å². The lowest BCUT2D eigenvalue weighted by Gasteiger charge is -2.13. The number of carbonyl (C=O) groups is 1. The van der Waals surface area contributed by atoms with E-state index in [1.54, 1.807) is 6.92 Å². The zero-order valence-electron chi connectivity index (χ0n) is 10.5. The van der Waals surface area contributed by atoms with Crippen molar-refractivity contribution in [2.45, 2.75) is 17.9 Å². The van der Waals surface area contributed by atoms with E-state index in [1.165, 1.54) is 25.3 Å². The predicted molar refractivity (Wildman–Crippen MR) is 66.6 cm³/mol. The van der Waals surface area contributed by atoms with Gasteiger partial charge in [0.25, 0.3) is 0 Å². The fraction of sp³-hybridized carbons (Fsp3) is 0.364. The number of aliphatic hydroxyl groups is 1.